The van der Waals surface area contributed by atoms with Crippen molar-refractivity contribution in [3.8, 4) is 0 Å². The van der Waals surface area contributed by atoms with E-state index >= 15 is 0 Å². The molecule has 36 heavy (non-hydrogen) atoms. The molecule has 3 aromatic rings. The molecule has 190 valence electrons. The van der Waals surface area contributed by atoms with Gasteiger partial charge in [0, 0.05) is 42.6 Å². The van der Waals surface area contributed by atoms with Crippen LogP contribution in [0.5, 0.6) is 0 Å². The van der Waals surface area contributed by atoms with Crippen molar-refractivity contribution in [3.05, 3.63) is 50.8 Å². The van der Waals surface area contributed by atoms with Crippen LogP contribution in [-0.4, -0.2) is 81.7 Å². The largest absolute Gasteiger partial charge is 0.469 e. The number of carbonyl (C=O) groups is 3. The molecule has 2 amide bonds. The highest BCUT2D eigenvalue weighted by Crippen LogP contribution is 2.32. The van der Waals surface area contributed by atoms with Gasteiger partial charge in [-0.2, -0.15) is 4.68 Å². The van der Waals surface area contributed by atoms with Gasteiger partial charge in [0.25, 0.3) is 5.91 Å². The number of nitrogens with zero attached hydrogens (tertiary/aromatic N) is 5. The molecular formula is C23H24ClN5O5S2. The van der Waals surface area contributed by atoms with Crippen LogP contribution in [0.1, 0.15) is 39.2 Å². The fraction of sp³-hybridized carbons (Fsp3) is 0.435. The Bertz CT molecular complexity index is 1280. The van der Waals surface area contributed by atoms with Crippen molar-refractivity contribution in [2.75, 3.05) is 39.4 Å². The molecule has 2 aliphatic heterocycles. The first kappa shape index (κ1) is 25.2. The Morgan fingerprint density at radius 1 is 1.25 bits per heavy atom. The zero-order valence-electron chi connectivity index (χ0n) is 19.5. The molecule has 2 fully saturated rings. The summed E-state index contributed by atoms with van der Waals surface area (Å²) in [5.41, 5.74) is 0.386. The molecule has 0 aliphatic carbocycles. The molecule has 0 saturated carbocycles. The van der Waals surface area contributed by atoms with Gasteiger partial charge in [-0.3, -0.25) is 24.2 Å². The lowest BCUT2D eigenvalue weighted by atomic mass is 10.1. The molecule has 5 rings (SSSR count). The maximum Gasteiger partial charge on any atom is 0.284 e. The number of ether oxygens (including phenoxy) is 1. The van der Waals surface area contributed by atoms with Crippen LogP contribution in [0.25, 0.3) is 0 Å². The Morgan fingerprint density at radius 2 is 2.06 bits per heavy atom. The molecule has 1 atom stereocenters. The van der Waals surface area contributed by atoms with E-state index in [0.717, 1.165) is 4.88 Å². The van der Waals surface area contributed by atoms with Crippen LogP contribution in [0.4, 0.5) is 0 Å². The van der Waals surface area contributed by atoms with Crippen LogP contribution in [0.2, 0.25) is 4.34 Å². The van der Waals surface area contributed by atoms with Crippen molar-refractivity contribution < 1.29 is 23.5 Å². The zero-order chi connectivity index (χ0) is 25.2. The molecule has 0 N–H and O–H groups in total. The van der Waals surface area contributed by atoms with Gasteiger partial charge in [0.05, 0.1) is 35.9 Å². The van der Waals surface area contributed by atoms with E-state index in [4.69, 9.17) is 20.8 Å². The predicted octanol–water partition coefficient (Wildman–Crippen LogP) is 3.05. The molecule has 1 unspecified atom stereocenters. The monoisotopic (exact) mass is 549 g/mol. The number of hydrogen-bond acceptors (Lipinski definition) is 10. The number of aromatic nitrogens is 3. The van der Waals surface area contributed by atoms with E-state index in [0.29, 0.717) is 58.7 Å². The lowest BCUT2D eigenvalue weighted by Gasteiger charge is -2.27. The summed E-state index contributed by atoms with van der Waals surface area (Å²) < 4.78 is 12.6. The summed E-state index contributed by atoms with van der Waals surface area (Å²) in [6.45, 7) is 4.55. The maximum absolute atomic E-state index is 13.3. The fourth-order valence-corrected chi connectivity index (χ4v) is 6.22. The standard InChI is InChI=1S/C23H24ClN5O5S2/c1-14-17(4-7-34-14)22(32)29-23(35-13-16-2-3-18(24)36-16)25-21(26-29)15-10-19(30)28(11-15)20(31)12-27-5-8-33-9-6-27/h2-4,7,15H,5-6,8-13H2,1H3. The first-order chi connectivity index (χ1) is 17.4. The lowest BCUT2D eigenvalue weighted by molar-refractivity contribution is -0.143. The Labute approximate surface area is 220 Å². The summed E-state index contributed by atoms with van der Waals surface area (Å²) in [6.07, 6.45) is 1.57. The third-order valence-corrected chi connectivity index (χ3v) is 8.49. The van der Waals surface area contributed by atoms with Gasteiger partial charge in [-0.05, 0) is 25.1 Å². The average molecular weight is 550 g/mol. The second kappa shape index (κ2) is 10.9. The fourth-order valence-electron chi connectivity index (χ4n) is 4.15. The van der Waals surface area contributed by atoms with Gasteiger partial charge in [0.1, 0.15) is 5.76 Å². The van der Waals surface area contributed by atoms with Gasteiger partial charge in [-0.25, -0.2) is 4.98 Å². The van der Waals surface area contributed by atoms with E-state index < -0.39 is 0 Å². The van der Waals surface area contributed by atoms with Crippen LogP contribution < -0.4 is 0 Å². The number of imide groups is 1. The van der Waals surface area contributed by atoms with Gasteiger partial charge in [0.15, 0.2) is 11.0 Å². The van der Waals surface area contributed by atoms with Crippen LogP contribution in [-0.2, 0) is 20.1 Å². The number of morpholine rings is 1. The number of hydrogen-bond donors (Lipinski definition) is 0. The van der Waals surface area contributed by atoms with E-state index in [9.17, 15) is 14.4 Å². The normalized spacial score (nSPS) is 18.8. The summed E-state index contributed by atoms with van der Waals surface area (Å²) in [4.78, 5) is 47.8. The van der Waals surface area contributed by atoms with Crippen LogP contribution in [0, 0.1) is 6.92 Å². The van der Waals surface area contributed by atoms with Crippen LogP contribution >= 0.6 is 34.7 Å². The number of furan rings is 1. The number of thiophene rings is 1. The molecule has 5 heterocycles. The minimum absolute atomic E-state index is 0.114. The van der Waals surface area contributed by atoms with E-state index in [2.05, 4.69) is 10.1 Å². The summed E-state index contributed by atoms with van der Waals surface area (Å²) >= 11 is 8.87. The van der Waals surface area contributed by atoms with Crippen molar-refractivity contribution in [3.63, 3.8) is 0 Å². The Balaban J connectivity index is 1.35. The third kappa shape index (κ3) is 5.42. The molecule has 0 spiro atoms. The van der Waals surface area contributed by atoms with Crippen molar-refractivity contribution in [2.45, 2.75) is 30.2 Å². The molecule has 0 bridgehead atoms. The van der Waals surface area contributed by atoms with Crippen LogP contribution in [0.15, 0.2) is 34.0 Å². The molecule has 2 saturated heterocycles. The number of amides is 2. The van der Waals surface area contributed by atoms with Gasteiger partial charge in [0.2, 0.25) is 11.8 Å². The summed E-state index contributed by atoms with van der Waals surface area (Å²) in [5, 5.41) is 4.91. The first-order valence-corrected chi connectivity index (χ1v) is 13.6. The molecule has 0 radical (unpaired) electrons. The lowest BCUT2D eigenvalue weighted by Crippen LogP contribution is -2.45. The maximum atomic E-state index is 13.3. The van der Waals surface area contributed by atoms with Gasteiger partial charge in [-0.15, -0.1) is 16.4 Å². The third-order valence-electron chi connectivity index (χ3n) is 6.10. The first-order valence-electron chi connectivity index (χ1n) is 11.4. The number of likely N-dealkylation sites (tertiary alicyclic amines) is 1. The molecule has 3 aromatic heterocycles. The van der Waals surface area contributed by atoms with Crippen molar-refractivity contribution in [1.82, 2.24) is 24.6 Å². The van der Waals surface area contributed by atoms with E-state index in [1.54, 1.807) is 13.0 Å². The highest BCUT2D eigenvalue weighted by molar-refractivity contribution is 7.98. The van der Waals surface area contributed by atoms with Crippen molar-refractivity contribution >= 4 is 52.4 Å². The van der Waals surface area contributed by atoms with Gasteiger partial charge < -0.3 is 9.15 Å². The van der Waals surface area contributed by atoms with Crippen molar-refractivity contribution in [1.29, 1.82) is 0 Å². The minimum atomic E-state index is -0.388. The SMILES string of the molecule is Cc1occc1C(=O)n1nc(C2CC(=O)N(C(=O)CN3CCOCC3)C2)nc1SCc1ccc(Cl)s1. The second-order valence-electron chi connectivity index (χ2n) is 8.54. The Morgan fingerprint density at radius 3 is 2.75 bits per heavy atom. The average Bonchev–Trinajstić information content (AvgIpc) is 3.65. The molecular weight excluding hydrogens is 526 g/mol. The highest BCUT2D eigenvalue weighted by Gasteiger charge is 2.38. The van der Waals surface area contributed by atoms with Gasteiger partial charge >= 0.3 is 0 Å². The molecule has 0 aromatic carbocycles. The summed E-state index contributed by atoms with van der Waals surface area (Å²) in [6, 6.07) is 5.35. The smallest absolute Gasteiger partial charge is 0.284 e. The number of aryl methyl sites for hydroxylation is 1. The summed E-state index contributed by atoms with van der Waals surface area (Å²) in [5.74, 6) is 0.158. The number of rotatable bonds is 7. The predicted molar refractivity (Wildman–Crippen MR) is 133 cm³/mol. The Kier molecular flexibility index (Phi) is 7.58. The van der Waals surface area contributed by atoms with Crippen molar-refractivity contribution in [2.24, 2.45) is 0 Å². The van der Waals surface area contributed by atoms with E-state index in [1.807, 2.05) is 17.0 Å². The number of carbonyl (C=O) groups excluding carboxylic acids is 3. The molecule has 10 nitrogen and oxygen atoms in total. The zero-order valence-corrected chi connectivity index (χ0v) is 21.9. The quantitative estimate of drug-likeness (QED) is 0.410. The topological polar surface area (TPSA) is 111 Å². The summed E-state index contributed by atoms with van der Waals surface area (Å²) in [7, 11) is 0. The van der Waals surface area contributed by atoms with E-state index in [1.165, 1.54) is 38.9 Å². The highest BCUT2D eigenvalue weighted by atomic mass is 35.5. The second-order valence-corrected chi connectivity index (χ2v) is 11.3. The van der Waals surface area contributed by atoms with Crippen LogP contribution in [0.3, 0.4) is 0 Å². The van der Waals surface area contributed by atoms with E-state index in [-0.39, 0.29) is 43.1 Å². The van der Waals surface area contributed by atoms with Gasteiger partial charge in [-0.1, -0.05) is 23.4 Å². The number of halogens is 1. The molecule has 13 heteroatoms. The number of thioether (sulfide) groups is 1. The molecule has 2 aliphatic rings. The minimum Gasteiger partial charge on any atom is -0.469 e. The Hall–Kier alpha value is -2.51.